The van der Waals surface area contributed by atoms with Crippen LogP contribution in [0.25, 0.3) is 0 Å². The number of rotatable bonds is 5. The molecule has 0 aliphatic carbocycles. The second-order valence-electron chi connectivity index (χ2n) is 2.87. The van der Waals surface area contributed by atoms with Gasteiger partial charge in [-0.1, -0.05) is 26.2 Å². The lowest BCUT2D eigenvalue weighted by Crippen LogP contribution is -1.91. The second-order valence-corrected chi connectivity index (χ2v) is 3.63. The summed E-state index contributed by atoms with van der Waals surface area (Å²) in [5, 5.41) is 0. The van der Waals surface area contributed by atoms with Crippen LogP contribution in [0.4, 0.5) is 0 Å². The molecule has 0 radical (unpaired) electrons. The molecule has 12 heavy (non-hydrogen) atoms. The molecule has 0 bridgehead atoms. The Kier molecular flexibility index (Phi) is 4.86. The fraction of sp³-hybridized carbons (Fsp3) is 0.667. The molecule has 1 rings (SSSR count). The van der Waals surface area contributed by atoms with E-state index in [2.05, 4.69) is 16.9 Å². The number of nitrogens with zero attached hydrogens (tertiary/aromatic N) is 2. The molecule has 0 spiro atoms. The molecule has 0 saturated heterocycles. The lowest BCUT2D eigenvalue weighted by Gasteiger charge is -1.97. The molecule has 2 nitrogen and oxygen atoms in total. The van der Waals surface area contributed by atoms with Crippen molar-refractivity contribution in [1.82, 2.24) is 9.97 Å². The molecule has 0 atom stereocenters. The van der Waals surface area contributed by atoms with E-state index in [1.54, 1.807) is 0 Å². The molecule has 0 aliphatic rings. The second kappa shape index (κ2) is 6.07. The molecule has 0 saturated carbocycles. The largest absolute Gasteiger partial charge is 0.236 e. The summed E-state index contributed by atoms with van der Waals surface area (Å²) >= 11 is 0. The maximum atomic E-state index is 4.21. The van der Waals surface area contributed by atoms with Crippen molar-refractivity contribution in [2.24, 2.45) is 0 Å². The number of aromatic nitrogens is 2. The standard InChI is InChI=1S/C9H15N2P/c1-2-3-4-5-6-9-10-7-12-8-11-9/h7-8H,2-6H2,1H3. The van der Waals surface area contributed by atoms with E-state index in [-0.39, 0.29) is 0 Å². The molecule has 1 heterocycles. The van der Waals surface area contributed by atoms with Crippen LogP contribution >= 0.6 is 8.19 Å². The first kappa shape index (κ1) is 9.60. The fourth-order valence-corrected chi connectivity index (χ4v) is 1.56. The Morgan fingerprint density at radius 2 is 1.92 bits per heavy atom. The monoisotopic (exact) mass is 182 g/mol. The van der Waals surface area contributed by atoms with Crippen molar-refractivity contribution in [1.29, 1.82) is 0 Å². The third kappa shape index (κ3) is 3.77. The Balaban J connectivity index is 2.16. The third-order valence-corrected chi connectivity index (χ3v) is 2.30. The van der Waals surface area contributed by atoms with E-state index in [9.17, 15) is 0 Å². The molecule has 0 unspecified atom stereocenters. The number of unbranched alkanes of at least 4 members (excludes halogenated alkanes) is 3. The van der Waals surface area contributed by atoms with E-state index in [0.717, 1.165) is 20.4 Å². The van der Waals surface area contributed by atoms with Gasteiger partial charge in [0, 0.05) is 6.42 Å². The molecule has 0 fully saturated rings. The number of aryl methyl sites for hydroxylation is 1. The highest BCUT2D eigenvalue weighted by Gasteiger charge is 1.93. The molecule has 0 N–H and O–H groups in total. The summed E-state index contributed by atoms with van der Waals surface area (Å²) in [5.41, 5.74) is 0. The SMILES string of the molecule is CCCCCCc1ncpcn1. The summed E-state index contributed by atoms with van der Waals surface area (Å²) in [5.74, 6) is 4.81. The molecule has 1 aromatic rings. The Morgan fingerprint density at radius 3 is 2.58 bits per heavy atom. The minimum atomic E-state index is 1.00. The van der Waals surface area contributed by atoms with Crippen molar-refractivity contribution < 1.29 is 0 Å². The van der Waals surface area contributed by atoms with Gasteiger partial charge in [-0.05, 0) is 14.6 Å². The van der Waals surface area contributed by atoms with Crippen LogP contribution in [-0.4, -0.2) is 9.97 Å². The smallest absolute Gasteiger partial charge is 0.129 e. The number of hydrogen-bond donors (Lipinski definition) is 0. The van der Waals surface area contributed by atoms with Crippen LogP contribution in [0.2, 0.25) is 0 Å². The molecule has 1 aromatic heterocycles. The Labute approximate surface area is 75.6 Å². The van der Waals surface area contributed by atoms with Crippen molar-refractivity contribution >= 4 is 8.19 Å². The van der Waals surface area contributed by atoms with Gasteiger partial charge in [-0.2, -0.15) is 0 Å². The summed E-state index contributed by atoms with van der Waals surface area (Å²) in [4.78, 5) is 8.42. The predicted molar refractivity (Wildman–Crippen MR) is 52.4 cm³/mol. The highest BCUT2D eigenvalue weighted by Crippen LogP contribution is 2.05. The van der Waals surface area contributed by atoms with Gasteiger partial charge in [0.05, 0.1) is 11.9 Å². The van der Waals surface area contributed by atoms with Crippen LogP contribution in [0, 0.1) is 0 Å². The maximum Gasteiger partial charge on any atom is 0.129 e. The van der Waals surface area contributed by atoms with Gasteiger partial charge in [-0.25, -0.2) is 9.97 Å². The molecule has 0 aromatic carbocycles. The van der Waals surface area contributed by atoms with Crippen LogP contribution in [0.15, 0.2) is 11.9 Å². The van der Waals surface area contributed by atoms with E-state index >= 15 is 0 Å². The van der Waals surface area contributed by atoms with Crippen LogP contribution in [0.3, 0.4) is 0 Å². The minimum absolute atomic E-state index is 1.00. The molecule has 0 amide bonds. The molecular weight excluding hydrogens is 167 g/mol. The van der Waals surface area contributed by atoms with E-state index < -0.39 is 0 Å². The predicted octanol–water partition coefficient (Wildman–Crippen LogP) is 3.18. The van der Waals surface area contributed by atoms with Gasteiger partial charge < -0.3 is 0 Å². The van der Waals surface area contributed by atoms with Gasteiger partial charge in [0.25, 0.3) is 0 Å². The summed E-state index contributed by atoms with van der Waals surface area (Å²) in [6, 6.07) is 0. The van der Waals surface area contributed by atoms with Gasteiger partial charge in [0.2, 0.25) is 0 Å². The van der Waals surface area contributed by atoms with Crippen LogP contribution in [0.1, 0.15) is 38.4 Å². The highest BCUT2D eigenvalue weighted by atomic mass is 31.0. The lowest BCUT2D eigenvalue weighted by atomic mass is 10.1. The average molecular weight is 182 g/mol. The van der Waals surface area contributed by atoms with Gasteiger partial charge in [-0.3, -0.25) is 0 Å². The first-order chi connectivity index (χ1) is 5.93. The highest BCUT2D eigenvalue weighted by molar-refractivity contribution is 7.27. The molecular formula is C9H15N2P. The van der Waals surface area contributed by atoms with Crippen molar-refractivity contribution in [2.45, 2.75) is 39.0 Å². The zero-order valence-corrected chi connectivity index (χ0v) is 8.43. The van der Waals surface area contributed by atoms with E-state index in [4.69, 9.17) is 0 Å². The Morgan fingerprint density at radius 1 is 1.17 bits per heavy atom. The molecule has 0 aliphatic heterocycles. The van der Waals surface area contributed by atoms with Crippen LogP contribution < -0.4 is 0 Å². The summed E-state index contributed by atoms with van der Waals surface area (Å²) in [6.45, 7) is 2.23. The Bertz CT molecular complexity index is 201. The van der Waals surface area contributed by atoms with Crippen molar-refractivity contribution in [2.75, 3.05) is 0 Å². The van der Waals surface area contributed by atoms with Gasteiger partial charge in [0.15, 0.2) is 0 Å². The van der Waals surface area contributed by atoms with Crippen molar-refractivity contribution in [3.63, 3.8) is 0 Å². The van der Waals surface area contributed by atoms with Gasteiger partial charge >= 0.3 is 0 Å². The minimum Gasteiger partial charge on any atom is -0.236 e. The summed E-state index contributed by atoms with van der Waals surface area (Å²) < 4.78 is 0. The van der Waals surface area contributed by atoms with Crippen LogP contribution in [-0.2, 0) is 6.42 Å². The van der Waals surface area contributed by atoms with Gasteiger partial charge in [-0.15, -0.1) is 0 Å². The average Bonchev–Trinajstić information content (AvgIpc) is 2.14. The first-order valence-corrected chi connectivity index (χ1v) is 5.57. The molecule has 66 valence electrons. The lowest BCUT2D eigenvalue weighted by molar-refractivity contribution is 0.653. The zero-order valence-electron chi connectivity index (χ0n) is 7.53. The Hall–Kier alpha value is -0.490. The summed E-state index contributed by atoms with van der Waals surface area (Å²) in [7, 11) is 1.11. The van der Waals surface area contributed by atoms with Crippen molar-refractivity contribution in [3.05, 3.63) is 17.7 Å². The van der Waals surface area contributed by atoms with E-state index in [1.165, 1.54) is 25.7 Å². The third-order valence-electron chi connectivity index (χ3n) is 1.80. The van der Waals surface area contributed by atoms with Crippen molar-refractivity contribution in [3.8, 4) is 0 Å². The molecule has 3 heteroatoms. The topological polar surface area (TPSA) is 25.8 Å². The summed E-state index contributed by atoms with van der Waals surface area (Å²) in [6.07, 6.45) is 6.21. The zero-order chi connectivity index (χ0) is 8.65. The quantitative estimate of drug-likeness (QED) is 0.653. The normalized spacial score (nSPS) is 10.1. The van der Waals surface area contributed by atoms with Gasteiger partial charge in [0.1, 0.15) is 5.82 Å². The van der Waals surface area contributed by atoms with Crippen LogP contribution in [0.5, 0.6) is 0 Å². The van der Waals surface area contributed by atoms with E-state index in [1.807, 2.05) is 11.9 Å². The maximum absolute atomic E-state index is 4.21. The fourth-order valence-electron chi connectivity index (χ4n) is 1.10. The number of hydrogen-bond acceptors (Lipinski definition) is 2. The van der Waals surface area contributed by atoms with E-state index in [0.29, 0.717) is 0 Å². The first-order valence-electron chi connectivity index (χ1n) is 4.54.